The van der Waals surface area contributed by atoms with Crippen LogP contribution in [0.4, 0.5) is 15.2 Å². The summed E-state index contributed by atoms with van der Waals surface area (Å²) < 4.78 is 13.1. The Labute approximate surface area is 197 Å². The molecule has 0 radical (unpaired) electrons. The molecule has 2 unspecified atom stereocenters. The summed E-state index contributed by atoms with van der Waals surface area (Å²) in [5.74, 6) is -1.76. The van der Waals surface area contributed by atoms with Gasteiger partial charge in [0.15, 0.2) is 0 Å². The number of carbonyl (C=O) groups is 2. The number of aromatic nitrogens is 2. The number of nitro benzene ring substituents is 1. The maximum atomic E-state index is 13.1. The second-order valence-corrected chi connectivity index (χ2v) is 8.55. The first kappa shape index (κ1) is 24.2. The van der Waals surface area contributed by atoms with Gasteiger partial charge in [-0.05, 0) is 36.2 Å². The smallest absolute Gasteiger partial charge is 0.270 e. The Kier molecular flexibility index (Phi) is 7.67. The van der Waals surface area contributed by atoms with Crippen LogP contribution in [0.15, 0.2) is 42.5 Å². The molecule has 0 bridgehead atoms. The second kappa shape index (κ2) is 10.5. The van der Waals surface area contributed by atoms with Gasteiger partial charge in [-0.2, -0.15) is 0 Å². The van der Waals surface area contributed by atoms with Gasteiger partial charge in [-0.15, -0.1) is 10.2 Å². The zero-order valence-electron chi connectivity index (χ0n) is 17.5. The molecule has 0 spiro atoms. The van der Waals surface area contributed by atoms with Crippen molar-refractivity contribution in [3.05, 3.63) is 69.0 Å². The van der Waals surface area contributed by atoms with Crippen LogP contribution in [0.2, 0.25) is 5.02 Å². The lowest BCUT2D eigenvalue weighted by molar-refractivity contribution is -0.384. The van der Waals surface area contributed by atoms with E-state index in [9.17, 15) is 24.1 Å². The summed E-state index contributed by atoms with van der Waals surface area (Å²) in [4.78, 5) is 35.9. The maximum absolute atomic E-state index is 13.1. The van der Waals surface area contributed by atoms with E-state index < -0.39 is 22.8 Å². The van der Waals surface area contributed by atoms with Crippen molar-refractivity contribution in [2.45, 2.75) is 26.3 Å². The summed E-state index contributed by atoms with van der Waals surface area (Å²) in [7, 11) is 0. The predicted octanol–water partition coefficient (Wildman–Crippen LogP) is 4.69. The molecule has 0 fully saturated rings. The van der Waals surface area contributed by atoms with Gasteiger partial charge in [-0.3, -0.25) is 25.0 Å². The van der Waals surface area contributed by atoms with Gasteiger partial charge in [0.25, 0.3) is 11.6 Å². The third-order valence-corrected chi connectivity index (χ3v) is 6.14. The molecule has 0 aliphatic heterocycles. The molecule has 2 atom stereocenters. The third kappa shape index (κ3) is 5.88. The number of amides is 2. The van der Waals surface area contributed by atoms with Crippen LogP contribution in [0, 0.1) is 21.8 Å². The largest absolute Gasteiger partial charge is 0.340 e. The molecule has 33 heavy (non-hydrogen) atoms. The fourth-order valence-corrected chi connectivity index (χ4v) is 3.90. The monoisotopic (exact) mass is 491 g/mol. The van der Waals surface area contributed by atoms with Crippen LogP contribution in [-0.2, 0) is 4.79 Å². The van der Waals surface area contributed by atoms with Gasteiger partial charge in [0.05, 0.1) is 15.5 Å². The van der Waals surface area contributed by atoms with Crippen molar-refractivity contribution in [2.75, 3.05) is 5.32 Å². The van der Waals surface area contributed by atoms with E-state index in [1.807, 2.05) is 6.92 Å². The lowest BCUT2D eigenvalue weighted by atomic mass is 9.98. The Balaban J connectivity index is 1.75. The molecule has 1 heterocycles. The van der Waals surface area contributed by atoms with Gasteiger partial charge in [0.1, 0.15) is 16.9 Å². The topological polar surface area (TPSA) is 127 Å². The fourth-order valence-electron chi connectivity index (χ4n) is 2.89. The molecule has 3 rings (SSSR count). The number of nitrogens with zero attached hydrogens (tertiary/aromatic N) is 3. The van der Waals surface area contributed by atoms with Crippen molar-refractivity contribution >= 4 is 45.6 Å². The average Bonchev–Trinajstić information content (AvgIpc) is 3.25. The van der Waals surface area contributed by atoms with Crippen LogP contribution in [0.25, 0.3) is 10.6 Å². The first-order chi connectivity index (χ1) is 15.7. The molecule has 1 aromatic heterocycles. The Morgan fingerprint density at radius 1 is 1.21 bits per heavy atom. The van der Waals surface area contributed by atoms with Crippen LogP contribution >= 0.6 is 22.9 Å². The number of hydrogen-bond acceptors (Lipinski definition) is 7. The van der Waals surface area contributed by atoms with Gasteiger partial charge in [0.2, 0.25) is 11.0 Å². The lowest BCUT2D eigenvalue weighted by Gasteiger charge is -2.23. The number of carbonyl (C=O) groups excluding carboxylic acids is 2. The molecule has 0 saturated heterocycles. The molecule has 172 valence electrons. The number of hydrogen-bond donors (Lipinski definition) is 2. The normalized spacial score (nSPS) is 12.6. The second-order valence-electron chi connectivity index (χ2n) is 7.17. The summed E-state index contributed by atoms with van der Waals surface area (Å²) in [5, 5.41) is 24.7. The fraction of sp³-hybridized carbons (Fsp3) is 0.238. The van der Waals surface area contributed by atoms with Crippen molar-refractivity contribution in [1.29, 1.82) is 0 Å². The van der Waals surface area contributed by atoms with Crippen molar-refractivity contribution in [2.24, 2.45) is 5.92 Å². The summed E-state index contributed by atoms with van der Waals surface area (Å²) >= 11 is 7.14. The highest BCUT2D eigenvalue weighted by Crippen LogP contribution is 2.27. The van der Waals surface area contributed by atoms with Crippen LogP contribution < -0.4 is 10.6 Å². The quantitative estimate of drug-likeness (QED) is 0.347. The highest BCUT2D eigenvalue weighted by molar-refractivity contribution is 7.18. The minimum atomic E-state index is -0.924. The molecule has 0 aliphatic carbocycles. The van der Waals surface area contributed by atoms with Crippen molar-refractivity contribution in [3.63, 3.8) is 0 Å². The number of benzene rings is 2. The highest BCUT2D eigenvalue weighted by atomic mass is 35.5. The first-order valence-electron chi connectivity index (χ1n) is 9.84. The average molecular weight is 492 g/mol. The maximum Gasteiger partial charge on any atom is 0.270 e. The number of nitrogens with one attached hydrogen (secondary N) is 2. The summed E-state index contributed by atoms with van der Waals surface area (Å²) in [6.45, 7) is 3.67. The van der Waals surface area contributed by atoms with E-state index in [2.05, 4.69) is 20.8 Å². The van der Waals surface area contributed by atoms with Crippen LogP contribution in [0.1, 0.15) is 30.6 Å². The summed E-state index contributed by atoms with van der Waals surface area (Å²) in [6.07, 6.45) is 0.587. The van der Waals surface area contributed by atoms with E-state index in [0.717, 1.165) is 23.5 Å². The number of non-ortho nitro benzene ring substituents is 1. The van der Waals surface area contributed by atoms with Crippen LogP contribution in [0.3, 0.4) is 0 Å². The van der Waals surface area contributed by atoms with Crippen LogP contribution in [-0.4, -0.2) is 33.0 Å². The minimum absolute atomic E-state index is 0.0119. The van der Waals surface area contributed by atoms with E-state index in [-0.39, 0.29) is 33.1 Å². The molecule has 3 aromatic rings. The summed E-state index contributed by atoms with van der Waals surface area (Å²) in [6, 6.07) is 8.26. The molecule has 0 saturated carbocycles. The van der Waals surface area contributed by atoms with E-state index in [1.165, 1.54) is 18.2 Å². The molecule has 9 nitrogen and oxygen atoms in total. The molecule has 2 aromatic carbocycles. The van der Waals surface area contributed by atoms with Crippen LogP contribution in [0.5, 0.6) is 0 Å². The first-order valence-corrected chi connectivity index (χ1v) is 11.0. The Morgan fingerprint density at radius 3 is 2.52 bits per heavy atom. The van der Waals surface area contributed by atoms with Gasteiger partial charge < -0.3 is 5.32 Å². The Hall–Kier alpha value is -3.44. The standard InChI is InChI=1S/C21H19ClFN5O4S/c1-3-11(2)17(24-18(29)15-9-8-14(28(31)32)10-16(15)22)19(30)25-21-27-26-20(33-21)12-4-6-13(23)7-5-12/h4-11,17H,3H2,1-2H3,(H,24,29)(H,25,27,30). The third-order valence-electron chi connectivity index (χ3n) is 4.94. The Morgan fingerprint density at radius 2 is 1.91 bits per heavy atom. The summed E-state index contributed by atoms with van der Waals surface area (Å²) in [5.41, 5.74) is 0.410. The SMILES string of the molecule is CCC(C)C(NC(=O)c1ccc([N+](=O)[O-])cc1Cl)C(=O)Nc1nnc(-c2ccc(F)cc2)s1. The van der Waals surface area contributed by atoms with Crippen molar-refractivity contribution in [1.82, 2.24) is 15.5 Å². The van der Waals surface area contributed by atoms with E-state index in [1.54, 1.807) is 19.1 Å². The zero-order chi connectivity index (χ0) is 24.1. The van der Waals surface area contributed by atoms with E-state index >= 15 is 0 Å². The van der Waals surface area contributed by atoms with Gasteiger partial charge in [-0.1, -0.05) is 43.2 Å². The number of anilines is 1. The van der Waals surface area contributed by atoms with Gasteiger partial charge in [-0.25, -0.2) is 4.39 Å². The van der Waals surface area contributed by atoms with Gasteiger partial charge >= 0.3 is 0 Å². The van der Waals surface area contributed by atoms with Gasteiger partial charge in [0, 0.05) is 17.7 Å². The molecule has 2 N–H and O–H groups in total. The zero-order valence-corrected chi connectivity index (χ0v) is 19.1. The van der Waals surface area contributed by atoms with Crippen molar-refractivity contribution < 1.29 is 18.9 Å². The number of nitro groups is 1. The molecule has 0 aliphatic rings. The molecular formula is C21H19ClFN5O4S. The minimum Gasteiger partial charge on any atom is -0.340 e. The lowest BCUT2D eigenvalue weighted by Crippen LogP contribution is -2.47. The molecule has 2 amide bonds. The number of rotatable bonds is 8. The predicted molar refractivity (Wildman–Crippen MR) is 123 cm³/mol. The Bertz CT molecular complexity index is 1190. The van der Waals surface area contributed by atoms with E-state index in [0.29, 0.717) is 17.0 Å². The highest BCUT2D eigenvalue weighted by Gasteiger charge is 2.28. The number of halogens is 2. The van der Waals surface area contributed by atoms with Crippen molar-refractivity contribution in [3.8, 4) is 10.6 Å². The molecule has 12 heteroatoms. The molecular weight excluding hydrogens is 473 g/mol. The van der Waals surface area contributed by atoms with E-state index in [4.69, 9.17) is 11.6 Å².